The molecule has 0 N–H and O–H groups in total. The van der Waals surface area contributed by atoms with Crippen LogP contribution in [0.4, 0.5) is 0 Å². The molecule has 31 heavy (non-hydrogen) atoms. The number of carbonyl (C=O) groups excluding carboxylic acids is 4. The Bertz CT molecular complexity index is 1040. The highest BCUT2D eigenvalue weighted by molar-refractivity contribution is 6.36. The molecule has 4 rings (SSSR count). The lowest BCUT2D eigenvalue weighted by Gasteiger charge is -2.32. The van der Waals surface area contributed by atoms with Crippen LogP contribution in [-0.4, -0.2) is 41.1 Å². The summed E-state index contributed by atoms with van der Waals surface area (Å²) in [6, 6.07) is 11.0. The number of ether oxygens (including phenoxy) is 1. The molecule has 1 aliphatic carbocycles. The minimum atomic E-state index is -0.459. The fourth-order valence-electron chi connectivity index (χ4n) is 4.16. The minimum Gasteiger partial charge on any atom is -0.457 e. The van der Waals surface area contributed by atoms with E-state index in [1.54, 1.807) is 30.3 Å². The summed E-state index contributed by atoms with van der Waals surface area (Å²) in [5.74, 6) is -1.80. The molecule has 0 aromatic heterocycles. The van der Waals surface area contributed by atoms with Crippen molar-refractivity contribution < 1.29 is 23.9 Å². The molecule has 2 aromatic rings. The van der Waals surface area contributed by atoms with Crippen LogP contribution in [0.15, 0.2) is 42.5 Å². The minimum absolute atomic E-state index is 0.204. The van der Waals surface area contributed by atoms with E-state index < -0.39 is 18.4 Å². The normalized spacial score (nSPS) is 20.5. The van der Waals surface area contributed by atoms with Crippen molar-refractivity contribution in [1.82, 2.24) is 4.90 Å². The van der Waals surface area contributed by atoms with Crippen LogP contribution in [0.5, 0.6) is 0 Å². The quantitative estimate of drug-likeness (QED) is 0.371. The van der Waals surface area contributed by atoms with Gasteiger partial charge in [-0.05, 0) is 56.0 Å². The van der Waals surface area contributed by atoms with Gasteiger partial charge in [-0.3, -0.25) is 24.1 Å². The van der Waals surface area contributed by atoms with Crippen LogP contribution in [0.2, 0.25) is 10.0 Å². The van der Waals surface area contributed by atoms with Crippen molar-refractivity contribution in [3.63, 3.8) is 0 Å². The third-order valence-corrected chi connectivity index (χ3v) is 6.35. The fraction of sp³-hybridized carbons (Fsp3) is 0.304. The van der Waals surface area contributed by atoms with Crippen molar-refractivity contribution in [3.05, 3.63) is 69.2 Å². The zero-order valence-electron chi connectivity index (χ0n) is 16.5. The first kappa shape index (κ1) is 21.5. The lowest BCUT2D eigenvalue weighted by molar-refractivity contribution is -0.148. The van der Waals surface area contributed by atoms with Crippen molar-refractivity contribution in [2.75, 3.05) is 6.61 Å². The number of carbonyl (C=O) groups is 4. The molecule has 1 saturated carbocycles. The van der Waals surface area contributed by atoms with Crippen LogP contribution < -0.4 is 0 Å². The second-order valence-corrected chi connectivity index (χ2v) is 8.53. The molecule has 0 radical (unpaired) electrons. The molecular weight excluding hydrogens is 441 g/mol. The highest BCUT2D eigenvalue weighted by Crippen LogP contribution is 2.33. The van der Waals surface area contributed by atoms with E-state index in [-0.39, 0.29) is 34.4 Å². The molecule has 1 heterocycles. The number of esters is 1. The Morgan fingerprint density at radius 2 is 1.55 bits per heavy atom. The molecule has 0 bridgehead atoms. The SMILES string of the molecule is O=C(COC(=O)C1CCC(N2C(=O)c3ccccc3C2=O)CC1)c1ccc(Cl)cc1Cl. The third kappa shape index (κ3) is 4.23. The van der Waals surface area contributed by atoms with Crippen LogP contribution in [0.1, 0.15) is 56.8 Å². The standard InChI is InChI=1S/C23H19Cl2NO5/c24-14-7-10-18(19(25)11-14)20(27)12-31-23(30)13-5-8-15(9-6-13)26-21(28)16-3-1-2-4-17(16)22(26)29/h1-4,7,10-11,13,15H,5-6,8-9,12H2. The van der Waals surface area contributed by atoms with Crippen LogP contribution >= 0.6 is 23.2 Å². The van der Waals surface area contributed by atoms with Gasteiger partial charge in [0.25, 0.3) is 11.8 Å². The smallest absolute Gasteiger partial charge is 0.309 e. The number of fused-ring (bicyclic) bond motifs is 1. The van der Waals surface area contributed by atoms with Gasteiger partial charge in [0.05, 0.1) is 22.1 Å². The number of amides is 2. The van der Waals surface area contributed by atoms with Crippen LogP contribution in [0.3, 0.4) is 0 Å². The van der Waals surface area contributed by atoms with Gasteiger partial charge in [0, 0.05) is 16.6 Å². The maximum Gasteiger partial charge on any atom is 0.309 e. The van der Waals surface area contributed by atoms with E-state index in [0.29, 0.717) is 41.8 Å². The van der Waals surface area contributed by atoms with Gasteiger partial charge in [0.1, 0.15) is 0 Å². The van der Waals surface area contributed by atoms with Gasteiger partial charge < -0.3 is 4.74 Å². The molecule has 6 nitrogen and oxygen atoms in total. The number of ketones is 1. The number of benzene rings is 2. The Morgan fingerprint density at radius 1 is 0.935 bits per heavy atom. The number of hydrogen-bond donors (Lipinski definition) is 0. The van der Waals surface area contributed by atoms with Crippen molar-refractivity contribution in [2.24, 2.45) is 5.92 Å². The van der Waals surface area contributed by atoms with Gasteiger partial charge >= 0.3 is 5.97 Å². The molecule has 8 heteroatoms. The van der Waals surface area contributed by atoms with Crippen LogP contribution in [0.25, 0.3) is 0 Å². The molecule has 160 valence electrons. The molecule has 2 aromatic carbocycles. The van der Waals surface area contributed by atoms with Crippen molar-refractivity contribution in [3.8, 4) is 0 Å². The van der Waals surface area contributed by atoms with E-state index in [4.69, 9.17) is 27.9 Å². The fourth-order valence-corrected chi connectivity index (χ4v) is 4.67. The van der Waals surface area contributed by atoms with Gasteiger partial charge in [-0.15, -0.1) is 0 Å². The van der Waals surface area contributed by atoms with E-state index >= 15 is 0 Å². The monoisotopic (exact) mass is 459 g/mol. The first-order chi connectivity index (χ1) is 14.9. The van der Waals surface area contributed by atoms with Crippen LogP contribution in [-0.2, 0) is 9.53 Å². The predicted molar refractivity (Wildman–Crippen MR) is 114 cm³/mol. The average Bonchev–Trinajstić information content (AvgIpc) is 3.02. The van der Waals surface area contributed by atoms with E-state index in [2.05, 4.69) is 0 Å². The highest BCUT2D eigenvalue weighted by atomic mass is 35.5. The van der Waals surface area contributed by atoms with E-state index in [1.807, 2.05) is 0 Å². The number of imide groups is 1. The summed E-state index contributed by atoms with van der Waals surface area (Å²) in [6.45, 7) is -0.404. The van der Waals surface area contributed by atoms with E-state index in [0.717, 1.165) is 0 Å². The maximum atomic E-state index is 12.6. The number of halogens is 2. The van der Waals surface area contributed by atoms with Gasteiger partial charge in [0.2, 0.25) is 5.78 Å². The zero-order chi connectivity index (χ0) is 22.1. The first-order valence-electron chi connectivity index (χ1n) is 9.98. The molecule has 0 atom stereocenters. The summed E-state index contributed by atoms with van der Waals surface area (Å²) in [5, 5.41) is 0.614. The Kier molecular flexibility index (Phi) is 6.12. The summed E-state index contributed by atoms with van der Waals surface area (Å²) in [7, 11) is 0. The Balaban J connectivity index is 1.31. The number of nitrogens with zero attached hydrogens (tertiary/aromatic N) is 1. The highest BCUT2D eigenvalue weighted by Gasteiger charge is 2.41. The van der Waals surface area contributed by atoms with Crippen molar-refractivity contribution in [1.29, 1.82) is 0 Å². The second kappa shape index (κ2) is 8.81. The largest absolute Gasteiger partial charge is 0.457 e. The summed E-state index contributed by atoms with van der Waals surface area (Å²) >= 11 is 11.8. The summed E-state index contributed by atoms with van der Waals surface area (Å²) < 4.78 is 5.21. The Morgan fingerprint density at radius 3 is 2.13 bits per heavy atom. The molecule has 1 fully saturated rings. The summed E-state index contributed by atoms with van der Waals surface area (Å²) in [5.41, 5.74) is 1.09. The molecule has 2 amide bonds. The second-order valence-electron chi connectivity index (χ2n) is 7.69. The van der Waals surface area contributed by atoms with Crippen molar-refractivity contribution >= 4 is 46.8 Å². The van der Waals surface area contributed by atoms with Gasteiger partial charge in [-0.25, -0.2) is 0 Å². The van der Waals surface area contributed by atoms with Crippen LogP contribution in [0, 0.1) is 5.92 Å². The molecule has 1 aliphatic heterocycles. The molecule has 2 aliphatic rings. The Hall–Kier alpha value is -2.70. The average molecular weight is 460 g/mol. The van der Waals surface area contributed by atoms with Gasteiger partial charge in [0.15, 0.2) is 6.61 Å². The molecule has 0 spiro atoms. The number of hydrogen-bond acceptors (Lipinski definition) is 5. The van der Waals surface area contributed by atoms with Gasteiger partial charge in [-0.1, -0.05) is 35.3 Å². The first-order valence-corrected chi connectivity index (χ1v) is 10.7. The third-order valence-electron chi connectivity index (χ3n) is 5.80. The topological polar surface area (TPSA) is 80.8 Å². The number of Topliss-reactive ketones (excluding diaryl/α,β-unsaturated/α-hetero) is 1. The molecule has 0 unspecified atom stereocenters. The summed E-state index contributed by atoms with van der Waals surface area (Å²) in [4.78, 5) is 51.3. The maximum absolute atomic E-state index is 12.6. The van der Waals surface area contributed by atoms with E-state index in [1.165, 1.54) is 17.0 Å². The number of rotatable bonds is 5. The zero-order valence-corrected chi connectivity index (χ0v) is 18.0. The molecular formula is C23H19Cl2NO5. The molecule has 0 saturated heterocycles. The van der Waals surface area contributed by atoms with Gasteiger partial charge in [-0.2, -0.15) is 0 Å². The predicted octanol–water partition coefficient (Wildman–Crippen LogP) is 4.57. The lowest BCUT2D eigenvalue weighted by atomic mass is 9.85. The van der Waals surface area contributed by atoms with Crippen molar-refractivity contribution in [2.45, 2.75) is 31.7 Å². The lowest BCUT2D eigenvalue weighted by Crippen LogP contribution is -2.42. The van der Waals surface area contributed by atoms with E-state index in [9.17, 15) is 19.2 Å². The summed E-state index contributed by atoms with van der Waals surface area (Å²) in [6.07, 6.45) is 1.99. The Labute approximate surface area is 189 Å².